The summed E-state index contributed by atoms with van der Waals surface area (Å²) in [5.74, 6) is -1.67. The molecule has 0 aliphatic heterocycles. The fourth-order valence-corrected chi connectivity index (χ4v) is 0.113. The number of hydrogen-bond donors (Lipinski definition) is 1. The first kappa shape index (κ1) is 13.9. The summed E-state index contributed by atoms with van der Waals surface area (Å²) >= 11 is 0. The van der Waals surface area contributed by atoms with Crippen LogP contribution in [0.4, 0.5) is 4.39 Å². The zero-order chi connectivity index (χ0) is 10.9. The summed E-state index contributed by atoms with van der Waals surface area (Å²) in [5.41, 5.74) is 0.176. The van der Waals surface area contributed by atoms with Crippen molar-refractivity contribution in [3.8, 4) is 0 Å². The van der Waals surface area contributed by atoms with Crippen molar-refractivity contribution >= 4 is 11.9 Å². The lowest BCUT2D eigenvalue weighted by molar-refractivity contribution is -0.141. The van der Waals surface area contributed by atoms with E-state index in [2.05, 4.69) is 17.9 Å². The minimum atomic E-state index is -1.08. The van der Waals surface area contributed by atoms with Gasteiger partial charge in [-0.05, 0) is 6.92 Å². The Morgan fingerprint density at radius 3 is 2.08 bits per heavy atom. The monoisotopic (exact) mass is 190 g/mol. The Morgan fingerprint density at radius 2 is 2.00 bits per heavy atom. The molecule has 1 N–H and O–H groups in total. The van der Waals surface area contributed by atoms with Crippen LogP contribution in [-0.4, -0.2) is 23.9 Å². The van der Waals surface area contributed by atoms with Crippen LogP contribution in [0.1, 0.15) is 6.92 Å². The molecule has 74 valence electrons. The standard InChI is InChI=1S/C4H5FO2.C4H6O2/c1-2-4(6)7-3-5;1-3(2)4(5)6/h2H,1,3H2;1H2,2H3,(H,5,6). The Morgan fingerprint density at radius 1 is 1.62 bits per heavy atom. The first-order chi connectivity index (χ1) is 5.95. The highest BCUT2D eigenvalue weighted by Crippen LogP contribution is 1.81. The van der Waals surface area contributed by atoms with Gasteiger partial charge in [0.15, 0.2) is 0 Å². The minimum Gasteiger partial charge on any atom is -0.478 e. The number of carboxylic acids is 1. The van der Waals surface area contributed by atoms with Crippen molar-refractivity contribution in [1.29, 1.82) is 0 Å². The Hall–Kier alpha value is -1.65. The van der Waals surface area contributed by atoms with Crippen LogP contribution in [0.3, 0.4) is 0 Å². The summed E-state index contributed by atoms with van der Waals surface area (Å²) in [5, 5.41) is 7.89. The molecule has 0 aromatic carbocycles. The zero-order valence-corrected chi connectivity index (χ0v) is 7.25. The van der Waals surface area contributed by atoms with Gasteiger partial charge in [0.05, 0.1) is 0 Å². The lowest BCUT2D eigenvalue weighted by Gasteiger charge is -1.87. The van der Waals surface area contributed by atoms with Crippen LogP contribution in [0.25, 0.3) is 0 Å². The molecule has 0 radical (unpaired) electrons. The molecule has 0 unspecified atom stereocenters. The Bertz CT molecular complexity index is 198. The van der Waals surface area contributed by atoms with Gasteiger partial charge in [-0.3, -0.25) is 0 Å². The van der Waals surface area contributed by atoms with E-state index in [1.165, 1.54) is 6.92 Å². The first-order valence-corrected chi connectivity index (χ1v) is 3.19. The molecular formula is C8H11FO4. The fourth-order valence-electron chi connectivity index (χ4n) is 0.113. The third-order valence-electron chi connectivity index (χ3n) is 0.729. The molecule has 0 aromatic heterocycles. The average Bonchev–Trinajstić information content (AvgIpc) is 2.05. The van der Waals surface area contributed by atoms with E-state index in [9.17, 15) is 14.0 Å². The highest BCUT2D eigenvalue weighted by molar-refractivity contribution is 5.84. The van der Waals surface area contributed by atoms with E-state index in [0.29, 0.717) is 0 Å². The molecule has 4 nitrogen and oxygen atoms in total. The van der Waals surface area contributed by atoms with Gasteiger partial charge in [0, 0.05) is 11.6 Å². The third-order valence-corrected chi connectivity index (χ3v) is 0.729. The smallest absolute Gasteiger partial charge is 0.332 e. The largest absolute Gasteiger partial charge is 0.478 e. The van der Waals surface area contributed by atoms with E-state index >= 15 is 0 Å². The molecule has 0 atom stereocenters. The molecule has 0 saturated carbocycles. The number of carboxylic acid groups (broad SMARTS) is 1. The molecular weight excluding hydrogens is 179 g/mol. The fraction of sp³-hybridized carbons (Fsp3) is 0.250. The maximum Gasteiger partial charge on any atom is 0.332 e. The molecule has 0 rings (SSSR count). The number of rotatable bonds is 3. The summed E-state index contributed by atoms with van der Waals surface area (Å²) in [6.07, 6.45) is 0.902. The van der Waals surface area contributed by atoms with Gasteiger partial charge in [-0.15, -0.1) is 0 Å². The van der Waals surface area contributed by atoms with Crippen molar-refractivity contribution in [3.63, 3.8) is 0 Å². The van der Waals surface area contributed by atoms with E-state index in [-0.39, 0.29) is 5.57 Å². The van der Waals surface area contributed by atoms with Crippen LogP contribution in [0.2, 0.25) is 0 Å². The molecule has 0 bridgehead atoms. The molecule has 0 fully saturated rings. The number of carbonyl (C=O) groups is 2. The van der Waals surface area contributed by atoms with Gasteiger partial charge in [0.2, 0.25) is 6.86 Å². The number of esters is 1. The molecule has 0 saturated heterocycles. The second kappa shape index (κ2) is 8.45. The van der Waals surface area contributed by atoms with Crippen molar-refractivity contribution in [3.05, 3.63) is 24.8 Å². The number of hydrogen-bond acceptors (Lipinski definition) is 3. The van der Waals surface area contributed by atoms with Crippen molar-refractivity contribution < 1.29 is 23.8 Å². The maximum absolute atomic E-state index is 10.9. The third kappa shape index (κ3) is 13.4. The number of halogens is 1. The number of carbonyl (C=O) groups excluding carboxylic acids is 1. The van der Waals surface area contributed by atoms with E-state index in [1.807, 2.05) is 0 Å². The van der Waals surface area contributed by atoms with Crippen molar-refractivity contribution in [2.75, 3.05) is 6.86 Å². The van der Waals surface area contributed by atoms with Gasteiger partial charge >= 0.3 is 11.9 Å². The first-order valence-electron chi connectivity index (χ1n) is 3.19. The van der Waals surface area contributed by atoms with Crippen molar-refractivity contribution in [2.24, 2.45) is 0 Å². The second-order valence-electron chi connectivity index (χ2n) is 1.86. The van der Waals surface area contributed by atoms with Crippen LogP contribution in [0, 0.1) is 0 Å². The summed E-state index contributed by atoms with van der Waals surface area (Å²) < 4.78 is 14.7. The topological polar surface area (TPSA) is 63.6 Å². The quantitative estimate of drug-likeness (QED) is 0.538. The Kier molecular flexibility index (Phi) is 9.04. The van der Waals surface area contributed by atoms with Gasteiger partial charge in [-0.2, -0.15) is 0 Å². The lowest BCUT2D eigenvalue weighted by atomic mass is 10.4. The number of alkyl halides is 1. The second-order valence-corrected chi connectivity index (χ2v) is 1.86. The average molecular weight is 190 g/mol. The normalized spacial score (nSPS) is 7.54. The maximum atomic E-state index is 10.9. The van der Waals surface area contributed by atoms with Gasteiger partial charge in [0.1, 0.15) is 0 Å². The van der Waals surface area contributed by atoms with Gasteiger partial charge in [-0.1, -0.05) is 13.2 Å². The van der Waals surface area contributed by atoms with Crippen LogP contribution >= 0.6 is 0 Å². The van der Waals surface area contributed by atoms with E-state index in [1.54, 1.807) is 0 Å². The van der Waals surface area contributed by atoms with Gasteiger partial charge in [0.25, 0.3) is 0 Å². The molecule has 0 amide bonds. The predicted octanol–water partition coefficient (Wildman–Crippen LogP) is 1.29. The number of aliphatic carboxylic acids is 1. The van der Waals surface area contributed by atoms with Gasteiger partial charge < -0.3 is 9.84 Å². The van der Waals surface area contributed by atoms with Crippen molar-refractivity contribution in [1.82, 2.24) is 0 Å². The Labute approximate surface area is 75.3 Å². The minimum absolute atomic E-state index is 0.176. The van der Waals surface area contributed by atoms with E-state index < -0.39 is 18.8 Å². The van der Waals surface area contributed by atoms with Crippen LogP contribution in [0.15, 0.2) is 24.8 Å². The zero-order valence-electron chi connectivity index (χ0n) is 7.25. The summed E-state index contributed by atoms with van der Waals surface area (Å²) in [4.78, 5) is 19.4. The van der Waals surface area contributed by atoms with Gasteiger partial charge in [-0.25, -0.2) is 14.0 Å². The molecule has 5 heteroatoms. The van der Waals surface area contributed by atoms with Crippen LogP contribution < -0.4 is 0 Å². The molecule has 0 aliphatic rings. The Balaban J connectivity index is 0. The summed E-state index contributed by atoms with van der Waals surface area (Å²) in [6.45, 7) is 6.56. The van der Waals surface area contributed by atoms with E-state index in [0.717, 1.165) is 6.08 Å². The predicted molar refractivity (Wildman–Crippen MR) is 44.7 cm³/mol. The van der Waals surface area contributed by atoms with Crippen molar-refractivity contribution in [2.45, 2.75) is 6.92 Å². The molecule has 0 spiro atoms. The summed E-state index contributed by atoms with van der Waals surface area (Å²) in [6, 6.07) is 0. The van der Waals surface area contributed by atoms with E-state index in [4.69, 9.17) is 5.11 Å². The highest BCUT2D eigenvalue weighted by atomic mass is 19.1. The molecule has 0 aliphatic carbocycles. The SMILES string of the molecule is C=C(C)C(=O)O.C=CC(=O)OCF. The van der Waals surface area contributed by atoms with Crippen LogP contribution in [-0.2, 0) is 14.3 Å². The highest BCUT2D eigenvalue weighted by Gasteiger charge is 1.90. The number of ether oxygens (including phenoxy) is 1. The molecule has 0 heterocycles. The molecule has 13 heavy (non-hydrogen) atoms. The molecule has 0 aromatic rings. The summed E-state index contributed by atoms with van der Waals surface area (Å²) in [7, 11) is 0. The lowest BCUT2D eigenvalue weighted by Crippen LogP contribution is -1.96. The van der Waals surface area contributed by atoms with Crippen LogP contribution in [0.5, 0.6) is 0 Å².